The van der Waals surface area contributed by atoms with E-state index in [1.54, 1.807) is 0 Å². The number of anilines is 1. The van der Waals surface area contributed by atoms with Crippen LogP contribution in [0.3, 0.4) is 0 Å². The smallest absolute Gasteiger partial charge is 0.227 e. The van der Waals surface area contributed by atoms with E-state index in [-0.39, 0.29) is 5.92 Å². The third-order valence-corrected chi connectivity index (χ3v) is 3.20. The van der Waals surface area contributed by atoms with Gasteiger partial charge in [0.2, 0.25) is 5.88 Å². The molecule has 1 heterocycles. The Hall–Kier alpha value is -1.37. The van der Waals surface area contributed by atoms with E-state index in [4.69, 9.17) is 10.5 Å². The van der Waals surface area contributed by atoms with Crippen LogP contribution in [-0.2, 0) is 0 Å². The van der Waals surface area contributed by atoms with Crippen LogP contribution in [0.2, 0.25) is 0 Å². The Bertz CT molecular complexity index is 540. The van der Waals surface area contributed by atoms with Gasteiger partial charge < -0.3 is 10.5 Å². The second kappa shape index (κ2) is 5.51. The standard InChI is InChI=1S/C13H14IN3O/c1-8(2)11-12(15)16-7-17-13(11)18-10-5-3-9(14)4-6-10/h3-8H,1-2H3,(H2,15,16,17). The fourth-order valence-corrected chi connectivity index (χ4v) is 1.99. The SMILES string of the molecule is CC(C)c1c(N)ncnc1Oc1ccc(I)cc1. The van der Waals surface area contributed by atoms with Gasteiger partial charge in [-0.15, -0.1) is 0 Å². The summed E-state index contributed by atoms with van der Waals surface area (Å²) in [5.41, 5.74) is 6.71. The van der Waals surface area contributed by atoms with Gasteiger partial charge in [-0.1, -0.05) is 13.8 Å². The molecule has 0 fully saturated rings. The van der Waals surface area contributed by atoms with Crippen LogP contribution < -0.4 is 10.5 Å². The van der Waals surface area contributed by atoms with Crippen LogP contribution >= 0.6 is 22.6 Å². The highest BCUT2D eigenvalue weighted by Gasteiger charge is 2.14. The topological polar surface area (TPSA) is 61.0 Å². The summed E-state index contributed by atoms with van der Waals surface area (Å²) in [5, 5.41) is 0. The Balaban J connectivity index is 2.34. The summed E-state index contributed by atoms with van der Waals surface area (Å²) in [6, 6.07) is 7.78. The van der Waals surface area contributed by atoms with Crippen LogP contribution in [-0.4, -0.2) is 9.97 Å². The summed E-state index contributed by atoms with van der Waals surface area (Å²) in [7, 11) is 0. The molecule has 1 aromatic carbocycles. The number of hydrogen-bond donors (Lipinski definition) is 1. The molecule has 0 aliphatic carbocycles. The van der Waals surface area contributed by atoms with Crippen molar-refractivity contribution in [2.75, 3.05) is 5.73 Å². The van der Waals surface area contributed by atoms with Crippen molar-refractivity contribution < 1.29 is 4.74 Å². The van der Waals surface area contributed by atoms with Gasteiger partial charge in [-0.05, 0) is 52.8 Å². The highest BCUT2D eigenvalue weighted by Crippen LogP contribution is 2.31. The van der Waals surface area contributed by atoms with E-state index in [0.29, 0.717) is 11.7 Å². The number of aromatic nitrogens is 2. The maximum atomic E-state index is 5.87. The first-order valence-corrected chi connectivity index (χ1v) is 6.69. The Morgan fingerprint density at radius 1 is 1.17 bits per heavy atom. The van der Waals surface area contributed by atoms with E-state index in [0.717, 1.165) is 14.9 Å². The number of nitrogens with zero attached hydrogens (tertiary/aromatic N) is 2. The molecule has 2 rings (SSSR count). The van der Waals surface area contributed by atoms with E-state index < -0.39 is 0 Å². The average Bonchev–Trinajstić information content (AvgIpc) is 2.32. The molecule has 0 aliphatic rings. The largest absolute Gasteiger partial charge is 0.439 e. The molecule has 0 saturated heterocycles. The Morgan fingerprint density at radius 2 is 1.83 bits per heavy atom. The number of hydrogen-bond acceptors (Lipinski definition) is 4. The zero-order chi connectivity index (χ0) is 13.1. The van der Waals surface area contributed by atoms with Gasteiger partial charge >= 0.3 is 0 Å². The molecule has 2 aromatic rings. The van der Waals surface area contributed by atoms with E-state index in [9.17, 15) is 0 Å². The molecule has 0 atom stereocenters. The quantitative estimate of drug-likeness (QED) is 0.855. The lowest BCUT2D eigenvalue weighted by molar-refractivity contribution is 0.452. The second-order valence-electron chi connectivity index (χ2n) is 4.19. The van der Waals surface area contributed by atoms with Gasteiger partial charge in [-0.25, -0.2) is 9.97 Å². The first kappa shape index (κ1) is 13.1. The molecule has 2 N–H and O–H groups in total. The number of benzene rings is 1. The minimum Gasteiger partial charge on any atom is -0.439 e. The van der Waals surface area contributed by atoms with E-state index in [1.165, 1.54) is 6.33 Å². The third kappa shape index (κ3) is 2.90. The maximum absolute atomic E-state index is 5.87. The van der Waals surface area contributed by atoms with Crippen LogP contribution in [0.1, 0.15) is 25.3 Å². The third-order valence-electron chi connectivity index (χ3n) is 2.48. The molecule has 94 valence electrons. The predicted molar refractivity (Wildman–Crippen MR) is 79.8 cm³/mol. The summed E-state index contributed by atoms with van der Waals surface area (Å²) < 4.78 is 6.93. The number of nitrogens with two attached hydrogens (primary N) is 1. The lowest BCUT2D eigenvalue weighted by Crippen LogP contribution is -2.04. The highest BCUT2D eigenvalue weighted by atomic mass is 127. The normalized spacial score (nSPS) is 10.7. The van der Waals surface area contributed by atoms with Crippen LogP contribution in [0, 0.1) is 3.57 Å². The van der Waals surface area contributed by atoms with Crippen LogP contribution in [0.25, 0.3) is 0 Å². The monoisotopic (exact) mass is 355 g/mol. The molecule has 0 aliphatic heterocycles. The number of ether oxygens (including phenoxy) is 1. The minimum atomic E-state index is 0.213. The Morgan fingerprint density at radius 3 is 2.44 bits per heavy atom. The zero-order valence-corrected chi connectivity index (χ0v) is 12.4. The summed E-state index contributed by atoms with van der Waals surface area (Å²) in [6.45, 7) is 4.08. The number of rotatable bonds is 3. The van der Waals surface area contributed by atoms with Gasteiger partial charge in [0.05, 0.1) is 5.56 Å². The summed E-state index contributed by atoms with van der Waals surface area (Å²) >= 11 is 2.25. The average molecular weight is 355 g/mol. The summed E-state index contributed by atoms with van der Waals surface area (Å²) in [5.74, 6) is 1.96. The lowest BCUT2D eigenvalue weighted by Gasteiger charge is -2.13. The number of nitrogen functional groups attached to an aromatic ring is 1. The van der Waals surface area contributed by atoms with Gasteiger partial charge in [0.1, 0.15) is 17.9 Å². The fourth-order valence-electron chi connectivity index (χ4n) is 1.63. The zero-order valence-electron chi connectivity index (χ0n) is 10.2. The van der Waals surface area contributed by atoms with Crippen molar-refractivity contribution in [2.45, 2.75) is 19.8 Å². The molecule has 18 heavy (non-hydrogen) atoms. The van der Waals surface area contributed by atoms with Gasteiger partial charge in [0.15, 0.2) is 0 Å². The molecule has 0 spiro atoms. The molecule has 0 unspecified atom stereocenters. The number of halogens is 1. The van der Waals surface area contributed by atoms with E-state index >= 15 is 0 Å². The molecule has 0 radical (unpaired) electrons. The van der Waals surface area contributed by atoms with Crippen molar-refractivity contribution in [1.29, 1.82) is 0 Å². The predicted octanol–water partition coefficient (Wildman–Crippen LogP) is 3.58. The minimum absolute atomic E-state index is 0.213. The van der Waals surface area contributed by atoms with Gasteiger partial charge in [0.25, 0.3) is 0 Å². The molecule has 0 amide bonds. The molecule has 0 bridgehead atoms. The van der Waals surface area contributed by atoms with Crippen molar-refractivity contribution >= 4 is 28.4 Å². The fraction of sp³-hybridized carbons (Fsp3) is 0.231. The van der Waals surface area contributed by atoms with Gasteiger partial charge in [0, 0.05) is 3.57 Å². The summed E-state index contributed by atoms with van der Waals surface area (Å²) in [6.07, 6.45) is 1.42. The van der Waals surface area contributed by atoms with Crippen molar-refractivity contribution in [2.24, 2.45) is 0 Å². The molecule has 4 nitrogen and oxygen atoms in total. The Kier molecular flexibility index (Phi) is 4.00. The lowest BCUT2D eigenvalue weighted by atomic mass is 10.1. The maximum Gasteiger partial charge on any atom is 0.227 e. The van der Waals surface area contributed by atoms with Crippen LogP contribution in [0.15, 0.2) is 30.6 Å². The Labute approximate surface area is 120 Å². The first-order valence-electron chi connectivity index (χ1n) is 5.61. The first-order chi connectivity index (χ1) is 8.58. The highest BCUT2D eigenvalue weighted by molar-refractivity contribution is 14.1. The van der Waals surface area contributed by atoms with Crippen molar-refractivity contribution in [1.82, 2.24) is 9.97 Å². The van der Waals surface area contributed by atoms with Crippen molar-refractivity contribution in [3.8, 4) is 11.6 Å². The van der Waals surface area contributed by atoms with E-state index in [1.807, 2.05) is 38.1 Å². The molecule has 5 heteroatoms. The molecular formula is C13H14IN3O. The van der Waals surface area contributed by atoms with Gasteiger partial charge in [-0.2, -0.15) is 0 Å². The van der Waals surface area contributed by atoms with Crippen LogP contribution in [0.5, 0.6) is 11.6 Å². The van der Waals surface area contributed by atoms with Crippen molar-refractivity contribution in [3.63, 3.8) is 0 Å². The van der Waals surface area contributed by atoms with Gasteiger partial charge in [-0.3, -0.25) is 0 Å². The molecular weight excluding hydrogens is 341 g/mol. The molecule has 1 aromatic heterocycles. The van der Waals surface area contributed by atoms with Crippen molar-refractivity contribution in [3.05, 3.63) is 39.7 Å². The second-order valence-corrected chi connectivity index (χ2v) is 5.43. The van der Waals surface area contributed by atoms with E-state index in [2.05, 4.69) is 32.6 Å². The molecule has 0 saturated carbocycles. The van der Waals surface area contributed by atoms with Crippen LogP contribution in [0.4, 0.5) is 5.82 Å². The summed E-state index contributed by atoms with van der Waals surface area (Å²) in [4.78, 5) is 8.17.